The highest BCUT2D eigenvalue weighted by Crippen LogP contribution is 2.48. The molecule has 11 heavy (non-hydrogen) atoms. The van der Waals surface area contributed by atoms with Crippen LogP contribution in [0.4, 0.5) is 0 Å². The molecule has 0 atom stereocenters. The van der Waals surface area contributed by atoms with Gasteiger partial charge < -0.3 is 9.84 Å². The van der Waals surface area contributed by atoms with Gasteiger partial charge in [0.2, 0.25) is 0 Å². The van der Waals surface area contributed by atoms with Crippen LogP contribution in [0.1, 0.15) is 38.5 Å². The molecule has 1 N–H and O–H groups in total. The van der Waals surface area contributed by atoms with Crippen molar-refractivity contribution in [1.29, 1.82) is 0 Å². The van der Waals surface area contributed by atoms with Crippen molar-refractivity contribution in [3.05, 3.63) is 0 Å². The molecule has 3 aliphatic rings. The van der Waals surface area contributed by atoms with Crippen LogP contribution in [0.3, 0.4) is 0 Å². The van der Waals surface area contributed by atoms with Gasteiger partial charge in [-0.25, -0.2) is 0 Å². The SMILES string of the molecule is COC12CCC(O)(CC1)CC2. The molecule has 3 fully saturated rings. The Bertz CT molecular complexity index is 140. The summed E-state index contributed by atoms with van der Waals surface area (Å²) in [4.78, 5) is 0. The Morgan fingerprint density at radius 1 is 1.00 bits per heavy atom. The van der Waals surface area contributed by atoms with Gasteiger partial charge in [0.15, 0.2) is 0 Å². The first kappa shape index (κ1) is 7.56. The lowest BCUT2D eigenvalue weighted by molar-refractivity contribution is -0.152. The molecule has 2 heteroatoms. The molecule has 2 bridgehead atoms. The molecule has 0 aliphatic heterocycles. The number of methoxy groups -OCH3 is 1. The zero-order chi connectivity index (χ0) is 7.95. The fraction of sp³-hybridized carbons (Fsp3) is 1.00. The normalized spacial score (nSPS) is 49.6. The van der Waals surface area contributed by atoms with E-state index in [1.54, 1.807) is 7.11 Å². The van der Waals surface area contributed by atoms with Crippen LogP contribution in [0.25, 0.3) is 0 Å². The molecular formula is C9H16O2. The topological polar surface area (TPSA) is 29.5 Å². The third kappa shape index (κ3) is 1.09. The third-order valence-electron chi connectivity index (χ3n) is 3.57. The predicted octanol–water partition coefficient (Wildman–Crippen LogP) is 1.47. The number of rotatable bonds is 1. The lowest BCUT2D eigenvalue weighted by Crippen LogP contribution is -2.50. The van der Waals surface area contributed by atoms with Gasteiger partial charge in [0, 0.05) is 7.11 Å². The van der Waals surface area contributed by atoms with Crippen LogP contribution in [-0.4, -0.2) is 23.4 Å². The van der Waals surface area contributed by atoms with Gasteiger partial charge in [-0.3, -0.25) is 0 Å². The summed E-state index contributed by atoms with van der Waals surface area (Å²) >= 11 is 0. The van der Waals surface area contributed by atoms with E-state index < -0.39 is 0 Å². The van der Waals surface area contributed by atoms with Gasteiger partial charge in [-0.15, -0.1) is 0 Å². The first-order valence-corrected chi connectivity index (χ1v) is 4.46. The van der Waals surface area contributed by atoms with Crippen LogP contribution in [0.2, 0.25) is 0 Å². The standard InChI is InChI=1S/C9H16O2/c1-11-9-5-2-8(10,3-6-9)4-7-9/h10H,2-7H2,1H3. The Balaban J connectivity index is 2.12. The minimum absolute atomic E-state index is 0.143. The minimum atomic E-state index is -0.319. The van der Waals surface area contributed by atoms with Crippen LogP contribution in [0, 0.1) is 0 Å². The molecule has 0 aromatic carbocycles. The molecule has 0 aromatic heterocycles. The maximum absolute atomic E-state index is 9.87. The molecule has 0 unspecified atom stereocenters. The van der Waals surface area contributed by atoms with Gasteiger partial charge in [0.1, 0.15) is 0 Å². The highest BCUT2D eigenvalue weighted by atomic mass is 16.5. The quantitative estimate of drug-likeness (QED) is 0.623. The number of ether oxygens (including phenoxy) is 1. The van der Waals surface area contributed by atoms with E-state index in [0.29, 0.717) is 0 Å². The summed E-state index contributed by atoms with van der Waals surface area (Å²) in [5, 5.41) is 9.87. The summed E-state index contributed by atoms with van der Waals surface area (Å²) in [7, 11) is 1.80. The molecule has 3 aliphatic carbocycles. The van der Waals surface area contributed by atoms with Gasteiger partial charge in [0.05, 0.1) is 11.2 Å². The van der Waals surface area contributed by atoms with Crippen molar-refractivity contribution in [3.8, 4) is 0 Å². The van der Waals surface area contributed by atoms with E-state index in [4.69, 9.17) is 4.74 Å². The molecule has 0 amide bonds. The average molecular weight is 156 g/mol. The van der Waals surface area contributed by atoms with Crippen LogP contribution in [-0.2, 0) is 4.74 Å². The molecule has 2 nitrogen and oxygen atoms in total. The molecule has 0 radical (unpaired) electrons. The third-order valence-corrected chi connectivity index (χ3v) is 3.57. The van der Waals surface area contributed by atoms with Crippen molar-refractivity contribution in [3.63, 3.8) is 0 Å². The maximum atomic E-state index is 9.87. The lowest BCUT2D eigenvalue weighted by Gasteiger charge is -2.50. The lowest BCUT2D eigenvalue weighted by atomic mass is 9.65. The van der Waals surface area contributed by atoms with Gasteiger partial charge in [-0.05, 0) is 38.5 Å². The Morgan fingerprint density at radius 2 is 1.45 bits per heavy atom. The van der Waals surface area contributed by atoms with E-state index in [0.717, 1.165) is 38.5 Å². The summed E-state index contributed by atoms with van der Waals surface area (Å²) in [5.74, 6) is 0. The first-order valence-electron chi connectivity index (χ1n) is 4.46. The second kappa shape index (κ2) is 2.20. The Morgan fingerprint density at radius 3 is 1.82 bits per heavy atom. The van der Waals surface area contributed by atoms with Crippen LogP contribution in [0.5, 0.6) is 0 Å². The van der Waals surface area contributed by atoms with Crippen molar-refractivity contribution >= 4 is 0 Å². The molecule has 0 heterocycles. The second-order valence-electron chi connectivity index (χ2n) is 4.11. The minimum Gasteiger partial charge on any atom is -0.390 e. The van der Waals surface area contributed by atoms with E-state index in [1.165, 1.54) is 0 Å². The number of aliphatic hydroxyl groups is 1. The fourth-order valence-electron chi connectivity index (χ4n) is 2.44. The molecule has 3 rings (SSSR count). The predicted molar refractivity (Wildman–Crippen MR) is 42.4 cm³/mol. The Hall–Kier alpha value is -0.0800. The highest BCUT2D eigenvalue weighted by Gasteiger charge is 2.47. The van der Waals surface area contributed by atoms with Crippen molar-refractivity contribution in [1.82, 2.24) is 0 Å². The fourth-order valence-corrected chi connectivity index (χ4v) is 2.44. The maximum Gasteiger partial charge on any atom is 0.0682 e. The van der Waals surface area contributed by atoms with Gasteiger partial charge in [-0.1, -0.05) is 0 Å². The monoisotopic (exact) mass is 156 g/mol. The van der Waals surface area contributed by atoms with Crippen LogP contribution in [0.15, 0.2) is 0 Å². The first-order chi connectivity index (χ1) is 5.18. The Labute approximate surface area is 67.6 Å². The summed E-state index contributed by atoms with van der Waals surface area (Å²) in [6, 6.07) is 0. The molecular weight excluding hydrogens is 140 g/mol. The number of fused-ring (bicyclic) bond motifs is 3. The summed E-state index contributed by atoms with van der Waals surface area (Å²) in [6.45, 7) is 0. The summed E-state index contributed by atoms with van der Waals surface area (Å²) in [5.41, 5.74) is -0.176. The number of hydrogen-bond acceptors (Lipinski definition) is 2. The van der Waals surface area contributed by atoms with E-state index in [-0.39, 0.29) is 11.2 Å². The van der Waals surface area contributed by atoms with Crippen LogP contribution < -0.4 is 0 Å². The summed E-state index contributed by atoms with van der Waals surface area (Å²) in [6.07, 6.45) is 6.00. The van der Waals surface area contributed by atoms with Gasteiger partial charge in [0.25, 0.3) is 0 Å². The van der Waals surface area contributed by atoms with E-state index in [2.05, 4.69) is 0 Å². The zero-order valence-electron chi connectivity index (χ0n) is 7.10. The van der Waals surface area contributed by atoms with Crippen molar-refractivity contribution in [2.24, 2.45) is 0 Å². The Kier molecular flexibility index (Phi) is 1.52. The summed E-state index contributed by atoms with van der Waals surface area (Å²) < 4.78 is 5.50. The van der Waals surface area contributed by atoms with Crippen molar-refractivity contribution < 1.29 is 9.84 Å². The molecule has 0 spiro atoms. The molecule has 0 saturated heterocycles. The van der Waals surface area contributed by atoms with E-state index in [1.807, 2.05) is 0 Å². The molecule has 0 aromatic rings. The second-order valence-corrected chi connectivity index (χ2v) is 4.11. The van der Waals surface area contributed by atoms with Crippen molar-refractivity contribution in [2.75, 3.05) is 7.11 Å². The van der Waals surface area contributed by atoms with Gasteiger partial charge in [-0.2, -0.15) is 0 Å². The number of hydrogen-bond donors (Lipinski definition) is 1. The highest BCUT2D eigenvalue weighted by molar-refractivity contribution is 5.01. The smallest absolute Gasteiger partial charge is 0.0682 e. The van der Waals surface area contributed by atoms with Gasteiger partial charge >= 0.3 is 0 Å². The molecule has 64 valence electrons. The molecule has 3 saturated carbocycles. The van der Waals surface area contributed by atoms with E-state index in [9.17, 15) is 5.11 Å². The van der Waals surface area contributed by atoms with Crippen LogP contribution >= 0.6 is 0 Å². The zero-order valence-corrected chi connectivity index (χ0v) is 7.10. The van der Waals surface area contributed by atoms with Crippen molar-refractivity contribution in [2.45, 2.75) is 49.7 Å². The average Bonchev–Trinajstić information content (AvgIpc) is 2.07. The largest absolute Gasteiger partial charge is 0.390 e. The van der Waals surface area contributed by atoms with E-state index >= 15 is 0 Å².